The van der Waals surface area contributed by atoms with Gasteiger partial charge in [-0.25, -0.2) is 0 Å². The van der Waals surface area contributed by atoms with Crippen molar-refractivity contribution in [2.45, 2.75) is 19.3 Å². The normalized spacial score (nSPS) is 24.2. The number of hydrogen-bond donors (Lipinski definition) is 1. The van der Waals surface area contributed by atoms with Crippen molar-refractivity contribution in [1.82, 2.24) is 0 Å². The van der Waals surface area contributed by atoms with Crippen molar-refractivity contribution in [2.75, 3.05) is 0 Å². The third kappa shape index (κ3) is 1.12. The fourth-order valence-corrected chi connectivity index (χ4v) is 0.841. The van der Waals surface area contributed by atoms with E-state index in [2.05, 4.69) is 12.2 Å². The van der Waals surface area contributed by atoms with Crippen molar-refractivity contribution in [3.63, 3.8) is 0 Å². The van der Waals surface area contributed by atoms with Crippen LogP contribution in [0.5, 0.6) is 0 Å². The summed E-state index contributed by atoms with van der Waals surface area (Å²) in [5, 5.41) is 8.50. The van der Waals surface area contributed by atoms with Crippen LogP contribution in [0.3, 0.4) is 0 Å². The molecule has 0 unspecified atom stereocenters. The van der Waals surface area contributed by atoms with Gasteiger partial charge in [-0.2, -0.15) is 0 Å². The van der Waals surface area contributed by atoms with Crippen molar-refractivity contribution in [1.29, 1.82) is 0 Å². The van der Waals surface area contributed by atoms with Crippen LogP contribution < -0.4 is 0 Å². The second-order valence-corrected chi connectivity index (χ2v) is 2.00. The molecule has 0 spiro atoms. The Morgan fingerprint density at radius 1 is 1.50 bits per heavy atom. The number of rotatable bonds is 0. The molecule has 1 heteroatoms. The average Bonchev–Trinajstić information content (AvgIpc) is 1.90. The summed E-state index contributed by atoms with van der Waals surface area (Å²) in [5.74, 6) is 0. The number of hydrogen-bond acceptors (Lipinski definition) is 1. The fourth-order valence-electron chi connectivity index (χ4n) is 0.841. The first-order valence-electron chi connectivity index (χ1n) is 2.90. The van der Waals surface area contributed by atoms with Crippen molar-refractivity contribution in [3.8, 4) is 0 Å². The zero-order valence-corrected chi connectivity index (χ0v) is 4.80. The summed E-state index contributed by atoms with van der Waals surface area (Å²) in [5.41, 5.74) is 1.15. The topological polar surface area (TPSA) is 20.2 Å². The Balaban J connectivity index is 2.50. The lowest BCUT2D eigenvalue weighted by Gasteiger charge is -2.04. The van der Waals surface area contributed by atoms with Gasteiger partial charge in [-0.15, -0.1) is 0 Å². The van der Waals surface area contributed by atoms with E-state index in [-0.39, 0.29) is 0 Å². The molecule has 44 valence electrons. The first-order chi connectivity index (χ1) is 3.93. The lowest BCUT2D eigenvalue weighted by molar-refractivity contribution is 0.462. The van der Waals surface area contributed by atoms with E-state index in [9.17, 15) is 0 Å². The van der Waals surface area contributed by atoms with Crippen LogP contribution in [0, 0.1) is 0 Å². The first-order valence-corrected chi connectivity index (χ1v) is 2.90. The number of aliphatic hydroxyl groups excluding tert-OH is 1. The molecule has 0 radical (unpaired) electrons. The Bertz CT molecular complexity index is 122. The fraction of sp³-hybridized carbons (Fsp3) is 0.429. The zero-order chi connectivity index (χ0) is 5.82. The van der Waals surface area contributed by atoms with Crippen molar-refractivity contribution < 1.29 is 5.11 Å². The molecule has 0 saturated heterocycles. The van der Waals surface area contributed by atoms with Crippen LogP contribution in [0.4, 0.5) is 0 Å². The Labute approximate surface area is 49.3 Å². The van der Waals surface area contributed by atoms with Crippen molar-refractivity contribution >= 4 is 0 Å². The van der Waals surface area contributed by atoms with Gasteiger partial charge in [0.15, 0.2) is 0 Å². The van der Waals surface area contributed by atoms with Gasteiger partial charge in [0, 0.05) is 0 Å². The summed E-state index contributed by atoms with van der Waals surface area (Å²) < 4.78 is 0. The quantitative estimate of drug-likeness (QED) is 0.374. The smallest absolute Gasteiger partial charge is 0.0786 e. The second-order valence-electron chi connectivity index (χ2n) is 2.00. The van der Waals surface area contributed by atoms with E-state index in [4.69, 9.17) is 5.11 Å². The van der Waals surface area contributed by atoms with Crippen molar-refractivity contribution in [3.05, 3.63) is 24.0 Å². The van der Waals surface area contributed by atoms with Crippen LogP contribution in [0.25, 0.3) is 0 Å². The highest BCUT2D eigenvalue weighted by Crippen LogP contribution is 2.15. The van der Waals surface area contributed by atoms with Gasteiger partial charge < -0.3 is 5.11 Å². The van der Waals surface area contributed by atoms with E-state index in [1.807, 2.05) is 0 Å². The summed E-state index contributed by atoms with van der Waals surface area (Å²) in [6.45, 7) is 0. The van der Waals surface area contributed by atoms with Crippen molar-refractivity contribution in [2.24, 2.45) is 0 Å². The molecule has 0 fully saturated rings. The van der Waals surface area contributed by atoms with Gasteiger partial charge >= 0.3 is 0 Å². The minimum absolute atomic E-state index is 0.941. The molecular formula is C7H10O. The highest BCUT2D eigenvalue weighted by molar-refractivity contribution is 5.09. The highest BCUT2D eigenvalue weighted by atomic mass is 16.2. The molecule has 0 saturated carbocycles. The predicted octanol–water partition coefficient (Wildman–Crippen LogP) is 2.17. The molecule has 0 heterocycles. The highest BCUT2D eigenvalue weighted by Gasteiger charge is 1.97. The lowest BCUT2D eigenvalue weighted by Crippen LogP contribution is -1.86. The molecule has 1 aliphatic carbocycles. The van der Waals surface area contributed by atoms with E-state index >= 15 is 0 Å². The first kappa shape index (κ1) is 5.42. The monoisotopic (exact) mass is 110 g/mol. The van der Waals surface area contributed by atoms with E-state index < -0.39 is 0 Å². The van der Waals surface area contributed by atoms with E-state index in [1.165, 1.54) is 6.26 Å². The van der Waals surface area contributed by atoms with Gasteiger partial charge in [0.25, 0.3) is 0 Å². The second kappa shape index (κ2) is 2.55. The minimum Gasteiger partial charge on any atom is -0.516 e. The molecule has 0 bridgehead atoms. The Morgan fingerprint density at radius 2 is 2.38 bits per heavy atom. The SMILES string of the molecule is OC=C1CC=CCC1. The maximum absolute atomic E-state index is 8.50. The van der Waals surface area contributed by atoms with Crippen LogP contribution in [0.15, 0.2) is 24.0 Å². The zero-order valence-electron chi connectivity index (χ0n) is 4.80. The molecule has 1 rings (SSSR count). The third-order valence-corrected chi connectivity index (χ3v) is 1.36. The van der Waals surface area contributed by atoms with Gasteiger partial charge in [-0.3, -0.25) is 0 Å². The number of allylic oxidation sites excluding steroid dienone is 3. The molecule has 0 atom stereocenters. The van der Waals surface area contributed by atoms with Gasteiger partial charge in [0.2, 0.25) is 0 Å². The summed E-state index contributed by atoms with van der Waals surface area (Å²) in [4.78, 5) is 0. The molecule has 0 aromatic heterocycles. The summed E-state index contributed by atoms with van der Waals surface area (Å²) >= 11 is 0. The molecule has 0 aromatic rings. The Hall–Kier alpha value is -0.720. The van der Waals surface area contributed by atoms with Crippen LogP contribution in [0.1, 0.15) is 19.3 Å². The molecule has 1 nitrogen and oxygen atoms in total. The molecule has 0 amide bonds. The standard InChI is InChI=1S/C7H10O/c8-6-7-4-2-1-3-5-7/h1-2,6,8H,3-5H2. The van der Waals surface area contributed by atoms with Gasteiger partial charge in [0.1, 0.15) is 0 Å². The Kier molecular flexibility index (Phi) is 1.73. The summed E-state index contributed by atoms with van der Waals surface area (Å²) in [6, 6.07) is 0. The van der Waals surface area contributed by atoms with Gasteiger partial charge in [-0.05, 0) is 24.8 Å². The molecule has 1 aliphatic rings. The van der Waals surface area contributed by atoms with E-state index in [0.29, 0.717) is 0 Å². The molecule has 8 heavy (non-hydrogen) atoms. The maximum atomic E-state index is 8.50. The van der Waals surface area contributed by atoms with E-state index in [0.717, 1.165) is 24.8 Å². The average molecular weight is 110 g/mol. The maximum Gasteiger partial charge on any atom is 0.0786 e. The molecule has 1 N–H and O–H groups in total. The lowest BCUT2D eigenvalue weighted by atomic mass is 10.0. The van der Waals surface area contributed by atoms with E-state index in [1.54, 1.807) is 0 Å². The van der Waals surface area contributed by atoms with Gasteiger partial charge in [-0.1, -0.05) is 12.2 Å². The summed E-state index contributed by atoms with van der Waals surface area (Å²) in [7, 11) is 0. The predicted molar refractivity (Wildman–Crippen MR) is 33.7 cm³/mol. The largest absolute Gasteiger partial charge is 0.516 e. The van der Waals surface area contributed by atoms with Gasteiger partial charge in [0.05, 0.1) is 6.26 Å². The number of aliphatic hydroxyl groups is 1. The molecule has 0 aliphatic heterocycles. The minimum atomic E-state index is 0.941. The van der Waals surface area contributed by atoms with Crippen LogP contribution >= 0.6 is 0 Å². The molecular weight excluding hydrogens is 100 g/mol. The summed E-state index contributed by atoms with van der Waals surface area (Å²) in [6.07, 6.45) is 8.53. The van der Waals surface area contributed by atoms with Crippen LogP contribution in [-0.2, 0) is 0 Å². The van der Waals surface area contributed by atoms with Crippen LogP contribution in [0.2, 0.25) is 0 Å². The van der Waals surface area contributed by atoms with Crippen LogP contribution in [-0.4, -0.2) is 5.11 Å². The molecule has 0 aromatic carbocycles. The Morgan fingerprint density at radius 3 is 2.75 bits per heavy atom. The third-order valence-electron chi connectivity index (χ3n) is 1.36.